The Hall–Kier alpha value is -1.96. The maximum Gasteiger partial charge on any atom is 0.335 e. The average molecular weight is 286 g/mol. The van der Waals surface area contributed by atoms with Gasteiger partial charge >= 0.3 is 5.97 Å². The third-order valence-electron chi connectivity index (χ3n) is 2.33. The van der Waals surface area contributed by atoms with Crippen LogP contribution >= 0.6 is 0 Å². The number of carboxylic acid groups (broad SMARTS) is 1. The number of nitro benzene ring substituents is 1. The van der Waals surface area contributed by atoms with Crippen molar-refractivity contribution in [1.29, 1.82) is 0 Å². The van der Waals surface area contributed by atoms with E-state index in [9.17, 15) is 19.1 Å². The van der Waals surface area contributed by atoms with E-state index in [2.05, 4.69) is 5.32 Å². The zero-order chi connectivity index (χ0) is 14.6. The van der Waals surface area contributed by atoms with Crippen molar-refractivity contribution >= 4 is 28.1 Å². The highest BCUT2D eigenvalue weighted by atomic mass is 32.2. The first-order valence-corrected chi connectivity index (χ1v) is 7.12. The molecule has 2 N–H and O–H groups in total. The van der Waals surface area contributed by atoms with Crippen molar-refractivity contribution in [2.45, 2.75) is 13.0 Å². The highest BCUT2D eigenvalue weighted by Crippen LogP contribution is 2.26. The number of hydrogen-bond acceptors (Lipinski definition) is 5. The Morgan fingerprint density at radius 2 is 2.21 bits per heavy atom. The number of nitrogens with one attached hydrogen (secondary N) is 1. The largest absolute Gasteiger partial charge is 0.478 e. The van der Waals surface area contributed by atoms with Crippen LogP contribution in [0.1, 0.15) is 17.3 Å². The molecule has 0 radical (unpaired) electrons. The third kappa shape index (κ3) is 4.32. The minimum absolute atomic E-state index is 0.149. The molecule has 104 valence electrons. The van der Waals surface area contributed by atoms with E-state index in [4.69, 9.17) is 5.11 Å². The molecule has 0 saturated carbocycles. The Balaban J connectivity index is 3.03. The summed E-state index contributed by atoms with van der Waals surface area (Å²) in [5, 5.41) is 22.6. The van der Waals surface area contributed by atoms with Crippen LogP contribution in [0, 0.1) is 10.1 Å². The third-order valence-corrected chi connectivity index (χ3v) is 3.30. The number of aromatic carboxylic acids is 1. The van der Waals surface area contributed by atoms with Crippen molar-refractivity contribution in [2.24, 2.45) is 0 Å². The van der Waals surface area contributed by atoms with E-state index in [1.165, 1.54) is 12.1 Å². The zero-order valence-electron chi connectivity index (χ0n) is 10.5. The second-order valence-electron chi connectivity index (χ2n) is 4.08. The predicted molar refractivity (Wildman–Crippen MR) is 72.1 cm³/mol. The van der Waals surface area contributed by atoms with Gasteiger partial charge in [0.2, 0.25) is 0 Å². The van der Waals surface area contributed by atoms with Gasteiger partial charge in [0.05, 0.1) is 10.5 Å². The molecule has 0 aromatic heterocycles. The van der Waals surface area contributed by atoms with Gasteiger partial charge in [-0.2, -0.15) is 0 Å². The standard InChI is InChI=1S/C11H14N2O5S/c1-7(6-19(2)18)12-9-4-3-8(11(14)15)5-10(9)13(16)17/h3-5,7,12H,6H2,1-2H3,(H,14,15). The van der Waals surface area contributed by atoms with E-state index >= 15 is 0 Å². The summed E-state index contributed by atoms with van der Waals surface area (Å²) in [5.74, 6) is -0.880. The fourth-order valence-corrected chi connectivity index (χ4v) is 2.38. The number of anilines is 1. The highest BCUT2D eigenvalue weighted by Gasteiger charge is 2.18. The Kier molecular flexibility index (Phi) is 4.99. The Labute approximate surface area is 112 Å². The number of benzene rings is 1. The van der Waals surface area contributed by atoms with Gasteiger partial charge < -0.3 is 10.4 Å². The van der Waals surface area contributed by atoms with Crippen LogP contribution in [0.5, 0.6) is 0 Å². The Morgan fingerprint density at radius 3 is 2.68 bits per heavy atom. The van der Waals surface area contributed by atoms with Crippen molar-refractivity contribution in [3.63, 3.8) is 0 Å². The van der Waals surface area contributed by atoms with Crippen LogP contribution < -0.4 is 5.32 Å². The fraction of sp³-hybridized carbons (Fsp3) is 0.364. The molecule has 0 heterocycles. The van der Waals surface area contributed by atoms with Crippen LogP contribution in [-0.2, 0) is 10.8 Å². The molecule has 1 aromatic rings. The summed E-state index contributed by atoms with van der Waals surface area (Å²) >= 11 is 0. The molecule has 0 fully saturated rings. The van der Waals surface area contributed by atoms with Gasteiger partial charge in [0.25, 0.3) is 5.69 Å². The summed E-state index contributed by atoms with van der Waals surface area (Å²) in [6.07, 6.45) is 1.54. The van der Waals surface area contributed by atoms with E-state index in [0.717, 1.165) is 6.07 Å². The van der Waals surface area contributed by atoms with Crippen LogP contribution in [0.4, 0.5) is 11.4 Å². The predicted octanol–water partition coefficient (Wildman–Crippen LogP) is 1.47. The molecule has 8 heteroatoms. The van der Waals surface area contributed by atoms with Crippen LogP contribution in [0.15, 0.2) is 18.2 Å². The van der Waals surface area contributed by atoms with Gasteiger partial charge in [-0.25, -0.2) is 4.79 Å². The molecule has 2 atom stereocenters. The second-order valence-corrected chi connectivity index (χ2v) is 5.56. The summed E-state index contributed by atoms with van der Waals surface area (Å²) in [5.41, 5.74) is -0.245. The molecule has 7 nitrogen and oxygen atoms in total. The van der Waals surface area contributed by atoms with Crippen LogP contribution in [0.2, 0.25) is 0 Å². The van der Waals surface area contributed by atoms with Gasteiger partial charge in [-0.15, -0.1) is 0 Å². The first-order chi connectivity index (χ1) is 8.81. The van der Waals surface area contributed by atoms with E-state index in [-0.39, 0.29) is 23.0 Å². The van der Waals surface area contributed by atoms with Gasteiger partial charge in [0, 0.05) is 34.9 Å². The van der Waals surface area contributed by atoms with Crippen LogP contribution in [0.25, 0.3) is 0 Å². The maximum absolute atomic E-state index is 11.1. The summed E-state index contributed by atoms with van der Waals surface area (Å²) in [6.45, 7) is 1.75. The number of rotatable bonds is 6. The maximum atomic E-state index is 11.1. The van der Waals surface area contributed by atoms with Gasteiger partial charge in [0.15, 0.2) is 0 Å². The summed E-state index contributed by atoms with van der Waals surface area (Å²) in [7, 11) is -1.02. The molecular formula is C11H14N2O5S. The smallest absolute Gasteiger partial charge is 0.335 e. The van der Waals surface area contributed by atoms with Crippen molar-refractivity contribution in [3.8, 4) is 0 Å². The van der Waals surface area contributed by atoms with Gasteiger partial charge in [0.1, 0.15) is 5.69 Å². The van der Waals surface area contributed by atoms with E-state index in [1.54, 1.807) is 13.2 Å². The van der Waals surface area contributed by atoms with Crippen molar-refractivity contribution in [2.75, 3.05) is 17.3 Å². The van der Waals surface area contributed by atoms with E-state index < -0.39 is 21.7 Å². The molecule has 19 heavy (non-hydrogen) atoms. The molecule has 0 aliphatic heterocycles. The SMILES string of the molecule is CC(CS(C)=O)Nc1ccc(C(=O)O)cc1[N+](=O)[O-]. The second kappa shape index (κ2) is 6.28. The fourth-order valence-electron chi connectivity index (χ4n) is 1.60. The molecular weight excluding hydrogens is 272 g/mol. The first kappa shape index (κ1) is 15.1. The van der Waals surface area contributed by atoms with Crippen molar-refractivity contribution in [3.05, 3.63) is 33.9 Å². The number of nitrogens with zero attached hydrogens (tertiary/aromatic N) is 1. The molecule has 1 aromatic carbocycles. The molecule has 0 aliphatic carbocycles. The normalized spacial score (nSPS) is 13.6. The van der Waals surface area contributed by atoms with Crippen LogP contribution in [-0.4, -0.2) is 38.3 Å². The minimum atomic E-state index is -1.22. The average Bonchev–Trinajstić information content (AvgIpc) is 2.27. The van der Waals surface area contributed by atoms with Crippen molar-refractivity contribution < 1.29 is 19.0 Å². The topological polar surface area (TPSA) is 110 Å². The van der Waals surface area contributed by atoms with Gasteiger partial charge in [-0.05, 0) is 19.1 Å². The molecule has 2 unspecified atom stereocenters. The van der Waals surface area contributed by atoms with Gasteiger partial charge in [-0.1, -0.05) is 0 Å². The van der Waals surface area contributed by atoms with E-state index in [0.29, 0.717) is 5.75 Å². The summed E-state index contributed by atoms with van der Waals surface area (Å²) in [6, 6.07) is 3.41. The minimum Gasteiger partial charge on any atom is -0.478 e. The molecule has 0 saturated heterocycles. The number of hydrogen-bond donors (Lipinski definition) is 2. The lowest BCUT2D eigenvalue weighted by atomic mass is 10.1. The lowest BCUT2D eigenvalue weighted by Gasteiger charge is -2.14. The lowest BCUT2D eigenvalue weighted by molar-refractivity contribution is -0.384. The van der Waals surface area contributed by atoms with E-state index in [1.807, 2.05) is 0 Å². The van der Waals surface area contributed by atoms with Crippen LogP contribution in [0.3, 0.4) is 0 Å². The zero-order valence-corrected chi connectivity index (χ0v) is 11.3. The Morgan fingerprint density at radius 1 is 1.58 bits per heavy atom. The highest BCUT2D eigenvalue weighted by molar-refractivity contribution is 7.84. The monoisotopic (exact) mass is 286 g/mol. The quantitative estimate of drug-likeness (QED) is 0.605. The van der Waals surface area contributed by atoms with Gasteiger partial charge in [-0.3, -0.25) is 14.3 Å². The molecule has 1 rings (SSSR count). The molecule has 0 amide bonds. The molecule has 0 bridgehead atoms. The number of carbonyl (C=O) groups is 1. The summed E-state index contributed by atoms with van der Waals surface area (Å²) in [4.78, 5) is 21.0. The molecule has 0 aliphatic rings. The Bertz CT molecular complexity index is 532. The lowest BCUT2D eigenvalue weighted by Crippen LogP contribution is -2.22. The summed E-state index contributed by atoms with van der Waals surface area (Å²) < 4.78 is 11.1. The first-order valence-electron chi connectivity index (χ1n) is 5.39. The number of carboxylic acids is 1. The number of nitro groups is 1. The van der Waals surface area contributed by atoms with Crippen molar-refractivity contribution in [1.82, 2.24) is 0 Å². The molecule has 0 spiro atoms.